The molecule has 152 valence electrons. The van der Waals surface area contributed by atoms with Crippen LogP contribution in [0.25, 0.3) is 0 Å². The van der Waals surface area contributed by atoms with Crippen molar-refractivity contribution in [3.63, 3.8) is 0 Å². The highest BCUT2D eigenvalue weighted by Crippen LogP contribution is 2.18. The number of methoxy groups -OCH3 is 1. The van der Waals surface area contributed by atoms with Gasteiger partial charge in [-0.05, 0) is 25.8 Å². The van der Waals surface area contributed by atoms with Crippen LogP contribution in [0.15, 0.2) is 34.2 Å². The minimum Gasteiger partial charge on any atom is -0.383 e. The van der Waals surface area contributed by atoms with Crippen molar-refractivity contribution in [1.29, 1.82) is 0 Å². The molecule has 0 aliphatic heterocycles. The van der Waals surface area contributed by atoms with Crippen LogP contribution in [0.2, 0.25) is 0 Å². The maximum atomic E-state index is 12.8. The lowest BCUT2D eigenvalue weighted by Crippen LogP contribution is -2.27. The first-order valence-corrected chi connectivity index (χ1v) is 10.4. The molecule has 0 atom stereocenters. The highest BCUT2D eigenvalue weighted by Gasteiger charge is 2.13. The Morgan fingerprint density at radius 1 is 1.32 bits per heavy atom. The van der Waals surface area contributed by atoms with E-state index in [-0.39, 0.29) is 11.5 Å². The zero-order valence-electron chi connectivity index (χ0n) is 17.1. The molecule has 0 saturated heterocycles. The van der Waals surface area contributed by atoms with Gasteiger partial charge in [0, 0.05) is 50.6 Å². The minimum atomic E-state index is -0.00573. The predicted molar refractivity (Wildman–Crippen MR) is 113 cm³/mol. The summed E-state index contributed by atoms with van der Waals surface area (Å²) >= 11 is 1.51. The van der Waals surface area contributed by atoms with Crippen molar-refractivity contribution in [3.8, 4) is 0 Å². The van der Waals surface area contributed by atoms with Crippen molar-refractivity contribution in [3.05, 3.63) is 57.0 Å². The molecule has 1 aromatic carbocycles. The maximum absolute atomic E-state index is 12.8. The van der Waals surface area contributed by atoms with Gasteiger partial charge in [-0.2, -0.15) is 0 Å². The third-order valence-electron chi connectivity index (χ3n) is 4.42. The first-order chi connectivity index (χ1) is 13.4. The molecule has 1 heterocycles. The van der Waals surface area contributed by atoms with E-state index < -0.39 is 0 Å². The Morgan fingerprint density at radius 2 is 2.11 bits per heavy atom. The number of hydrogen-bond donors (Lipinski definition) is 1. The Morgan fingerprint density at radius 3 is 2.82 bits per heavy atom. The fourth-order valence-corrected chi connectivity index (χ4v) is 3.82. The summed E-state index contributed by atoms with van der Waals surface area (Å²) in [6.07, 6.45) is 1.76. The highest BCUT2D eigenvalue weighted by molar-refractivity contribution is 7.99. The molecule has 0 aliphatic rings. The second-order valence-corrected chi connectivity index (χ2v) is 7.85. The lowest BCUT2D eigenvalue weighted by atomic mass is 10.0. The average Bonchev–Trinajstić information content (AvgIpc) is 2.66. The second kappa shape index (κ2) is 11.0. The standard InChI is InChI=1S/C21H29N3O3S/c1-15-7-5-8-17(13-15)14-18-16(2)23-21(24(3)20(18)26)28-12-6-9-19(25)22-10-11-27-4/h5,7-8,13H,6,9-12,14H2,1-4H3,(H,22,25). The Balaban J connectivity index is 1.96. The number of ether oxygens (including phenoxy) is 1. The van der Waals surface area contributed by atoms with E-state index in [1.54, 1.807) is 18.7 Å². The SMILES string of the molecule is COCCNC(=O)CCCSc1nc(C)c(Cc2cccc(C)c2)c(=O)n1C. The maximum Gasteiger partial charge on any atom is 0.257 e. The summed E-state index contributed by atoms with van der Waals surface area (Å²) < 4.78 is 6.52. The van der Waals surface area contributed by atoms with Crippen LogP contribution in [0.1, 0.15) is 35.2 Å². The summed E-state index contributed by atoms with van der Waals surface area (Å²) in [6.45, 7) is 4.98. The van der Waals surface area contributed by atoms with Crippen LogP contribution in [0.5, 0.6) is 0 Å². The van der Waals surface area contributed by atoms with Crippen LogP contribution in [-0.2, 0) is 23.0 Å². The number of aromatic nitrogens is 2. The number of benzene rings is 1. The van der Waals surface area contributed by atoms with Gasteiger partial charge in [-0.3, -0.25) is 14.2 Å². The van der Waals surface area contributed by atoms with Crippen molar-refractivity contribution < 1.29 is 9.53 Å². The van der Waals surface area contributed by atoms with E-state index in [1.165, 1.54) is 17.3 Å². The third kappa shape index (κ3) is 6.49. The topological polar surface area (TPSA) is 73.2 Å². The van der Waals surface area contributed by atoms with Gasteiger partial charge in [0.15, 0.2) is 5.16 Å². The second-order valence-electron chi connectivity index (χ2n) is 6.78. The molecule has 0 unspecified atom stereocenters. The molecule has 0 spiro atoms. The van der Waals surface area contributed by atoms with E-state index in [4.69, 9.17) is 4.74 Å². The van der Waals surface area contributed by atoms with Crippen LogP contribution in [0, 0.1) is 13.8 Å². The molecular weight excluding hydrogens is 374 g/mol. The fourth-order valence-electron chi connectivity index (χ4n) is 2.87. The zero-order valence-corrected chi connectivity index (χ0v) is 17.9. The Bertz CT molecular complexity index is 864. The highest BCUT2D eigenvalue weighted by atomic mass is 32.2. The molecule has 0 bridgehead atoms. The molecule has 0 aliphatic carbocycles. The van der Waals surface area contributed by atoms with Gasteiger partial charge in [0.1, 0.15) is 0 Å². The van der Waals surface area contributed by atoms with Gasteiger partial charge in [-0.15, -0.1) is 0 Å². The first kappa shape index (κ1) is 22.2. The Hall–Kier alpha value is -2.12. The number of amides is 1. The first-order valence-electron chi connectivity index (χ1n) is 9.43. The van der Waals surface area contributed by atoms with Crippen molar-refractivity contribution in [1.82, 2.24) is 14.9 Å². The van der Waals surface area contributed by atoms with Crippen LogP contribution in [0.4, 0.5) is 0 Å². The number of aryl methyl sites for hydroxylation is 2. The van der Waals surface area contributed by atoms with Crippen molar-refractivity contribution >= 4 is 17.7 Å². The summed E-state index contributed by atoms with van der Waals surface area (Å²) in [4.78, 5) is 29.2. The van der Waals surface area contributed by atoms with E-state index in [0.29, 0.717) is 31.1 Å². The van der Waals surface area contributed by atoms with Gasteiger partial charge in [0.05, 0.1) is 6.61 Å². The number of rotatable bonds is 10. The molecule has 1 amide bonds. The number of carbonyl (C=O) groups excluding carboxylic acids is 1. The number of carbonyl (C=O) groups is 1. The van der Waals surface area contributed by atoms with Gasteiger partial charge >= 0.3 is 0 Å². The molecule has 28 heavy (non-hydrogen) atoms. The summed E-state index contributed by atoms with van der Waals surface area (Å²) in [5, 5.41) is 3.49. The van der Waals surface area contributed by atoms with Gasteiger partial charge < -0.3 is 10.1 Å². The van der Waals surface area contributed by atoms with Crippen LogP contribution in [-0.4, -0.2) is 41.5 Å². The van der Waals surface area contributed by atoms with Gasteiger partial charge in [-0.25, -0.2) is 4.98 Å². The van der Waals surface area contributed by atoms with E-state index in [0.717, 1.165) is 29.0 Å². The van der Waals surface area contributed by atoms with E-state index in [2.05, 4.69) is 16.4 Å². The monoisotopic (exact) mass is 403 g/mol. The van der Waals surface area contributed by atoms with E-state index in [1.807, 2.05) is 32.0 Å². The number of nitrogens with one attached hydrogen (secondary N) is 1. The smallest absolute Gasteiger partial charge is 0.257 e. The largest absolute Gasteiger partial charge is 0.383 e. The fraction of sp³-hybridized carbons (Fsp3) is 0.476. The normalized spacial score (nSPS) is 10.9. The minimum absolute atomic E-state index is 0.00573. The lowest BCUT2D eigenvalue weighted by molar-refractivity contribution is -0.121. The van der Waals surface area contributed by atoms with E-state index in [9.17, 15) is 9.59 Å². The van der Waals surface area contributed by atoms with Crippen molar-refractivity contribution in [2.75, 3.05) is 26.0 Å². The summed E-state index contributed by atoms with van der Waals surface area (Å²) in [5.41, 5.74) is 3.79. The molecule has 1 N–H and O–H groups in total. The van der Waals surface area contributed by atoms with E-state index >= 15 is 0 Å². The molecule has 0 saturated carbocycles. The molecule has 2 rings (SSSR count). The summed E-state index contributed by atoms with van der Waals surface area (Å²) in [6, 6.07) is 8.18. The molecule has 0 radical (unpaired) electrons. The summed E-state index contributed by atoms with van der Waals surface area (Å²) in [5.74, 6) is 0.749. The molecule has 6 nitrogen and oxygen atoms in total. The third-order valence-corrected chi connectivity index (χ3v) is 5.54. The Kier molecular flexibility index (Phi) is 8.73. The van der Waals surface area contributed by atoms with Crippen LogP contribution >= 0.6 is 11.8 Å². The van der Waals surface area contributed by atoms with Crippen LogP contribution in [0.3, 0.4) is 0 Å². The number of hydrogen-bond acceptors (Lipinski definition) is 5. The Labute approximate surface area is 170 Å². The average molecular weight is 404 g/mol. The van der Waals surface area contributed by atoms with Gasteiger partial charge in [0.2, 0.25) is 5.91 Å². The molecule has 1 aromatic heterocycles. The lowest BCUT2D eigenvalue weighted by Gasteiger charge is -2.12. The van der Waals surface area contributed by atoms with Crippen molar-refractivity contribution in [2.45, 2.75) is 38.3 Å². The quantitative estimate of drug-likeness (QED) is 0.375. The van der Waals surface area contributed by atoms with Gasteiger partial charge in [-0.1, -0.05) is 41.6 Å². The molecule has 7 heteroatoms. The number of nitrogens with zero attached hydrogens (tertiary/aromatic N) is 2. The molecule has 0 fully saturated rings. The zero-order chi connectivity index (χ0) is 20.5. The molecule has 2 aromatic rings. The summed E-state index contributed by atoms with van der Waals surface area (Å²) in [7, 11) is 3.36. The number of thioether (sulfide) groups is 1. The van der Waals surface area contributed by atoms with Crippen LogP contribution < -0.4 is 10.9 Å². The predicted octanol–water partition coefficient (Wildman–Crippen LogP) is 2.62. The van der Waals surface area contributed by atoms with Crippen molar-refractivity contribution in [2.24, 2.45) is 7.05 Å². The van der Waals surface area contributed by atoms with Gasteiger partial charge in [0.25, 0.3) is 5.56 Å². The molecular formula is C21H29N3O3S.